The maximum absolute atomic E-state index is 11.7. The molecule has 0 spiro atoms. The van der Waals surface area contributed by atoms with Crippen molar-refractivity contribution < 1.29 is 9.53 Å². The number of methoxy groups -OCH3 is 1. The van der Waals surface area contributed by atoms with Crippen molar-refractivity contribution in [1.82, 2.24) is 24.6 Å². The van der Waals surface area contributed by atoms with Gasteiger partial charge >= 0.3 is 5.97 Å². The number of carbonyl (C=O) groups is 1. The van der Waals surface area contributed by atoms with Gasteiger partial charge in [0.05, 0.1) is 31.2 Å². The lowest BCUT2D eigenvalue weighted by atomic mass is 10.1. The summed E-state index contributed by atoms with van der Waals surface area (Å²) in [5.74, 6) is -0.539. The van der Waals surface area contributed by atoms with Crippen LogP contribution in [-0.2, 0) is 4.74 Å². The fourth-order valence-corrected chi connectivity index (χ4v) is 2.71. The van der Waals surface area contributed by atoms with Crippen LogP contribution >= 0.6 is 0 Å². The number of carbonyl (C=O) groups excluding carboxylic acids is 1. The lowest BCUT2D eigenvalue weighted by Crippen LogP contribution is -2.31. The van der Waals surface area contributed by atoms with E-state index in [2.05, 4.69) is 31.8 Å². The number of aromatic nitrogens is 4. The van der Waals surface area contributed by atoms with Gasteiger partial charge in [0.25, 0.3) is 0 Å². The maximum Gasteiger partial charge on any atom is 0.360 e. The van der Waals surface area contributed by atoms with Crippen molar-refractivity contribution in [2.75, 3.05) is 33.0 Å². The molecule has 122 valence electrons. The molecule has 2 aromatic rings. The Labute approximate surface area is 134 Å². The normalized spacial score (nSPS) is 16.4. The second-order valence-electron chi connectivity index (χ2n) is 5.72. The predicted octanol–water partition coefficient (Wildman–Crippen LogP) is 0.976. The molecule has 2 aromatic heterocycles. The minimum absolute atomic E-state index is 0.0250. The maximum atomic E-state index is 11.7. The summed E-state index contributed by atoms with van der Waals surface area (Å²) >= 11 is 0. The summed E-state index contributed by atoms with van der Waals surface area (Å²) in [5.41, 5.74) is 7.07. The Hall–Kier alpha value is -2.48. The van der Waals surface area contributed by atoms with Gasteiger partial charge in [-0.3, -0.25) is 4.68 Å². The van der Waals surface area contributed by atoms with Crippen molar-refractivity contribution in [1.29, 1.82) is 0 Å². The van der Waals surface area contributed by atoms with Crippen molar-refractivity contribution in [3.63, 3.8) is 0 Å². The molecule has 0 aliphatic carbocycles. The fraction of sp³-hybridized carbons (Fsp3) is 0.467. The van der Waals surface area contributed by atoms with E-state index in [1.807, 2.05) is 10.9 Å². The van der Waals surface area contributed by atoms with Crippen molar-refractivity contribution >= 4 is 11.8 Å². The zero-order valence-electron chi connectivity index (χ0n) is 13.3. The van der Waals surface area contributed by atoms with Crippen LogP contribution in [0.5, 0.6) is 0 Å². The molecular weight excluding hydrogens is 296 g/mol. The summed E-state index contributed by atoms with van der Waals surface area (Å²) in [6.45, 7) is 2.13. The Morgan fingerprint density at radius 1 is 1.35 bits per heavy atom. The molecule has 23 heavy (non-hydrogen) atoms. The number of nitrogen functional groups attached to an aromatic ring is 1. The molecule has 1 aliphatic rings. The van der Waals surface area contributed by atoms with E-state index in [9.17, 15) is 4.79 Å². The third-order valence-corrected chi connectivity index (χ3v) is 4.14. The standard InChI is InChI=1S/C15H20N6O2/c1-20-5-3-11(4-6-20)21-9-10(7-18-21)12-8-17-14(16)13(19-12)15(22)23-2/h7-9,11H,3-6H2,1-2H3,(H2,16,17). The van der Waals surface area contributed by atoms with Crippen LogP contribution in [0.15, 0.2) is 18.6 Å². The van der Waals surface area contributed by atoms with Gasteiger partial charge in [-0.25, -0.2) is 14.8 Å². The van der Waals surface area contributed by atoms with Crippen molar-refractivity contribution in [3.8, 4) is 11.3 Å². The summed E-state index contributed by atoms with van der Waals surface area (Å²) < 4.78 is 6.64. The van der Waals surface area contributed by atoms with Crippen LogP contribution < -0.4 is 5.73 Å². The summed E-state index contributed by atoms with van der Waals surface area (Å²) in [6.07, 6.45) is 7.35. The topological polar surface area (TPSA) is 99.2 Å². The smallest absolute Gasteiger partial charge is 0.360 e. The van der Waals surface area contributed by atoms with Gasteiger partial charge in [-0.2, -0.15) is 5.10 Å². The Morgan fingerprint density at radius 3 is 2.78 bits per heavy atom. The minimum Gasteiger partial charge on any atom is -0.464 e. The Balaban J connectivity index is 1.84. The molecule has 1 aliphatic heterocycles. The van der Waals surface area contributed by atoms with Crippen LogP contribution in [-0.4, -0.2) is 57.9 Å². The van der Waals surface area contributed by atoms with E-state index in [1.54, 1.807) is 6.20 Å². The van der Waals surface area contributed by atoms with E-state index < -0.39 is 5.97 Å². The van der Waals surface area contributed by atoms with Crippen molar-refractivity contribution in [2.45, 2.75) is 18.9 Å². The third kappa shape index (κ3) is 3.16. The summed E-state index contributed by atoms with van der Waals surface area (Å²) in [7, 11) is 3.41. The Bertz CT molecular complexity index is 706. The van der Waals surface area contributed by atoms with E-state index >= 15 is 0 Å². The SMILES string of the molecule is COC(=O)c1nc(-c2cnn(C3CCN(C)CC3)c2)cnc1N. The molecule has 2 N–H and O–H groups in total. The van der Waals surface area contributed by atoms with Gasteiger partial charge < -0.3 is 15.4 Å². The largest absolute Gasteiger partial charge is 0.464 e. The number of likely N-dealkylation sites (tertiary alicyclic amines) is 1. The average Bonchev–Trinajstić information content (AvgIpc) is 3.05. The van der Waals surface area contributed by atoms with E-state index in [4.69, 9.17) is 5.73 Å². The summed E-state index contributed by atoms with van der Waals surface area (Å²) in [6, 6.07) is 0.391. The third-order valence-electron chi connectivity index (χ3n) is 4.14. The van der Waals surface area contributed by atoms with Crippen LogP contribution in [0.25, 0.3) is 11.3 Å². The molecule has 3 rings (SSSR count). The van der Waals surface area contributed by atoms with Gasteiger partial charge in [-0.1, -0.05) is 0 Å². The van der Waals surface area contributed by atoms with E-state index in [-0.39, 0.29) is 11.5 Å². The number of esters is 1. The highest BCUT2D eigenvalue weighted by molar-refractivity contribution is 5.92. The molecule has 1 saturated heterocycles. The van der Waals surface area contributed by atoms with E-state index in [0.29, 0.717) is 11.7 Å². The van der Waals surface area contributed by atoms with Crippen LogP contribution in [0.4, 0.5) is 5.82 Å². The van der Waals surface area contributed by atoms with E-state index in [1.165, 1.54) is 13.3 Å². The van der Waals surface area contributed by atoms with Gasteiger partial charge in [0.2, 0.25) is 0 Å². The van der Waals surface area contributed by atoms with Gasteiger partial charge in [-0.05, 0) is 33.0 Å². The number of hydrogen-bond acceptors (Lipinski definition) is 7. The first kappa shape index (κ1) is 15.4. The zero-order chi connectivity index (χ0) is 16.4. The lowest BCUT2D eigenvalue weighted by molar-refractivity contribution is 0.0595. The first-order valence-corrected chi connectivity index (χ1v) is 7.52. The number of ether oxygens (including phenoxy) is 1. The summed E-state index contributed by atoms with van der Waals surface area (Å²) in [4.78, 5) is 22.3. The number of anilines is 1. The molecule has 8 nitrogen and oxygen atoms in total. The molecular formula is C15H20N6O2. The molecule has 0 saturated carbocycles. The first-order chi connectivity index (χ1) is 11.1. The van der Waals surface area contributed by atoms with Gasteiger partial charge in [0.15, 0.2) is 11.5 Å². The quantitative estimate of drug-likeness (QED) is 0.842. The number of piperidine rings is 1. The molecule has 0 atom stereocenters. The van der Waals surface area contributed by atoms with Gasteiger partial charge in [0.1, 0.15) is 0 Å². The Morgan fingerprint density at radius 2 is 2.09 bits per heavy atom. The van der Waals surface area contributed by atoms with Gasteiger partial charge in [0, 0.05) is 11.8 Å². The molecule has 0 unspecified atom stereocenters. The number of hydrogen-bond donors (Lipinski definition) is 1. The van der Waals surface area contributed by atoms with Gasteiger partial charge in [-0.15, -0.1) is 0 Å². The summed E-state index contributed by atoms with van der Waals surface area (Å²) in [5, 5.41) is 4.44. The van der Waals surface area contributed by atoms with Crippen LogP contribution in [0.2, 0.25) is 0 Å². The number of rotatable bonds is 3. The van der Waals surface area contributed by atoms with Crippen LogP contribution in [0.3, 0.4) is 0 Å². The molecule has 0 radical (unpaired) electrons. The lowest BCUT2D eigenvalue weighted by Gasteiger charge is -2.28. The molecule has 0 bridgehead atoms. The molecule has 1 fully saturated rings. The second-order valence-corrected chi connectivity index (χ2v) is 5.72. The van der Waals surface area contributed by atoms with E-state index in [0.717, 1.165) is 31.5 Å². The molecule has 0 amide bonds. The fourth-order valence-electron chi connectivity index (χ4n) is 2.71. The number of nitrogens with two attached hydrogens (primary N) is 1. The van der Waals surface area contributed by atoms with Crippen molar-refractivity contribution in [2.24, 2.45) is 0 Å². The molecule has 8 heteroatoms. The average molecular weight is 316 g/mol. The minimum atomic E-state index is -0.598. The highest BCUT2D eigenvalue weighted by atomic mass is 16.5. The number of nitrogens with zero attached hydrogens (tertiary/aromatic N) is 5. The zero-order valence-corrected chi connectivity index (χ0v) is 13.3. The predicted molar refractivity (Wildman–Crippen MR) is 84.8 cm³/mol. The Kier molecular flexibility index (Phi) is 4.24. The second kappa shape index (κ2) is 6.33. The van der Waals surface area contributed by atoms with Crippen LogP contribution in [0.1, 0.15) is 29.4 Å². The highest BCUT2D eigenvalue weighted by Crippen LogP contribution is 2.24. The monoisotopic (exact) mass is 316 g/mol. The first-order valence-electron chi connectivity index (χ1n) is 7.52. The van der Waals surface area contributed by atoms with Crippen LogP contribution in [0, 0.1) is 0 Å². The van der Waals surface area contributed by atoms with Crippen molar-refractivity contribution in [3.05, 3.63) is 24.3 Å². The highest BCUT2D eigenvalue weighted by Gasteiger charge is 2.20. The molecule has 0 aromatic carbocycles. The molecule has 3 heterocycles.